The number of rotatable bonds is 3. The average Bonchev–Trinajstić information content (AvgIpc) is 2.55. The fourth-order valence-corrected chi connectivity index (χ4v) is 3.91. The van der Waals surface area contributed by atoms with Gasteiger partial charge >= 0.3 is 0 Å². The third kappa shape index (κ3) is 2.88. The third-order valence-electron chi connectivity index (χ3n) is 5.17. The standard InChI is InChI=1S/C18H20N2O.ClH/c21-18(11-16-12-20-8-5-13(16)6-9-20)15-4-3-14-2-1-7-19-17(14)10-15;/h1-4,7,10,13,16H,5-6,8-9,11-12H2;1H. The number of benzene rings is 1. The molecule has 3 fully saturated rings. The molecule has 0 radical (unpaired) electrons. The normalized spacial score (nSPS) is 26.6. The van der Waals surface area contributed by atoms with Crippen molar-refractivity contribution in [2.24, 2.45) is 11.8 Å². The fraction of sp³-hybridized carbons (Fsp3) is 0.444. The SMILES string of the molecule is Cl.O=C(CC1CN2CCC1CC2)c1ccc2cccnc2c1. The van der Waals surface area contributed by atoms with Crippen molar-refractivity contribution in [3.05, 3.63) is 42.1 Å². The molecule has 1 unspecified atom stereocenters. The number of aromatic nitrogens is 1. The van der Waals surface area contributed by atoms with Crippen molar-refractivity contribution in [3.8, 4) is 0 Å². The molecule has 2 bridgehead atoms. The van der Waals surface area contributed by atoms with Crippen LogP contribution in [0.15, 0.2) is 36.5 Å². The van der Waals surface area contributed by atoms with Crippen molar-refractivity contribution < 1.29 is 4.79 Å². The second-order valence-electron chi connectivity index (χ2n) is 6.44. The molecule has 0 aliphatic carbocycles. The van der Waals surface area contributed by atoms with Gasteiger partial charge in [0.15, 0.2) is 5.78 Å². The van der Waals surface area contributed by atoms with Crippen LogP contribution in [0, 0.1) is 11.8 Å². The van der Waals surface area contributed by atoms with Crippen LogP contribution in [0.5, 0.6) is 0 Å². The second-order valence-corrected chi connectivity index (χ2v) is 6.44. The topological polar surface area (TPSA) is 33.2 Å². The molecule has 4 heteroatoms. The van der Waals surface area contributed by atoms with Crippen LogP contribution in [-0.2, 0) is 0 Å². The van der Waals surface area contributed by atoms with Gasteiger partial charge in [0.05, 0.1) is 5.52 Å². The van der Waals surface area contributed by atoms with Crippen molar-refractivity contribution in [1.82, 2.24) is 9.88 Å². The molecule has 3 saturated heterocycles. The average molecular weight is 317 g/mol. The van der Waals surface area contributed by atoms with E-state index in [0.717, 1.165) is 28.9 Å². The van der Waals surface area contributed by atoms with E-state index in [-0.39, 0.29) is 18.2 Å². The fourth-order valence-electron chi connectivity index (χ4n) is 3.91. The maximum absolute atomic E-state index is 12.6. The number of fused-ring (bicyclic) bond motifs is 4. The maximum atomic E-state index is 12.6. The number of ketones is 1. The summed E-state index contributed by atoms with van der Waals surface area (Å²) in [6.45, 7) is 3.58. The van der Waals surface area contributed by atoms with Crippen molar-refractivity contribution in [1.29, 1.82) is 0 Å². The summed E-state index contributed by atoms with van der Waals surface area (Å²) in [4.78, 5) is 19.4. The first kappa shape index (κ1) is 15.4. The van der Waals surface area contributed by atoms with Crippen molar-refractivity contribution in [3.63, 3.8) is 0 Å². The molecule has 4 heterocycles. The number of carbonyl (C=O) groups is 1. The Kier molecular flexibility index (Phi) is 4.46. The summed E-state index contributed by atoms with van der Waals surface area (Å²) in [7, 11) is 0. The van der Waals surface area contributed by atoms with Gasteiger partial charge in [0.25, 0.3) is 0 Å². The van der Waals surface area contributed by atoms with E-state index in [1.165, 1.54) is 25.9 Å². The van der Waals surface area contributed by atoms with Gasteiger partial charge in [-0.1, -0.05) is 18.2 Å². The minimum atomic E-state index is 0. The van der Waals surface area contributed by atoms with E-state index in [2.05, 4.69) is 9.88 Å². The summed E-state index contributed by atoms with van der Waals surface area (Å²) in [6, 6.07) is 9.86. The van der Waals surface area contributed by atoms with Gasteiger partial charge in [0.2, 0.25) is 0 Å². The van der Waals surface area contributed by atoms with Crippen LogP contribution in [0.25, 0.3) is 10.9 Å². The highest BCUT2D eigenvalue weighted by Crippen LogP contribution is 2.35. The van der Waals surface area contributed by atoms with Crippen LogP contribution >= 0.6 is 12.4 Å². The largest absolute Gasteiger partial charge is 0.303 e. The van der Waals surface area contributed by atoms with E-state index in [1.807, 2.05) is 30.3 Å². The van der Waals surface area contributed by atoms with E-state index in [4.69, 9.17) is 0 Å². The lowest BCUT2D eigenvalue weighted by atomic mass is 9.76. The van der Waals surface area contributed by atoms with Gasteiger partial charge in [0.1, 0.15) is 0 Å². The van der Waals surface area contributed by atoms with Crippen LogP contribution in [-0.4, -0.2) is 35.3 Å². The lowest BCUT2D eigenvalue weighted by molar-refractivity contribution is 0.0441. The highest BCUT2D eigenvalue weighted by molar-refractivity contribution is 5.99. The summed E-state index contributed by atoms with van der Waals surface area (Å²) in [5.74, 6) is 1.60. The Hall–Kier alpha value is -1.45. The molecule has 3 nitrogen and oxygen atoms in total. The molecular formula is C18H21ClN2O. The number of carbonyl (C=O) groups excluding carboxylic acids is 1. The highest BCUT2D eigenvalue weighted by atomic mass is 35.5. The van der Waals surface area contributed by atoms with E-state index in [1.54, 1.807) is 6.20 Å². The number of hydrogen-bond acceptors (Lipinski definition) is 3. The van der Waals surface area contributed by atoms with Gasteiger partial charge in [0, 0.05) is 30.1 Å². The molecule has 2 aromatic rings. The summed E-state index contributed by atoms with van der Waals surface area (Å²) >= 11 is 0. The number of halogens is 1. The van der Waals surface area contributed by atoms with Crippen LogP contribution < -0.4 is 0 Å². The molecule has 0 saturated carbocycles. The van der Waals surface area contributed by atoms with Gasteiger partial charge in [-0.15, -0.1) is 12.4 Å². The molecule has 1 atom stereocenters. The Morgan fingerprint density at radius 3 is 2.77 bits per heavy atom. The van der Waals surface area contributed by atoms with E-state index in [0.29, 0.717) is 12.3 Å². The molecule has 3 aliphatic rings. The molecular weight excluding hydrogens is 296 g/mol. The van der Waals surface area contributed by atoms with E-state index in [9.17, 15) is 4.79 Å². The Morgan fingerprint density at radius 1 is 1.23 bits per heavy atom. The first-order valence-electron chi connectivity index (χ1n) is 7.90. The van der Waals surface area contributed by atoms with Crippen molar-refractivity contribution >= 4 is 29.1 Å². The number of pyridine rings is 1. The smallest absolute Gasteiger partial charge is 0.163 e. The Bertz CT molecular complexity index is 680. The summed E-state index contributed by atoms with van der Waals surface area (Å²) in [5.41, 5.74) is 1.73. The molecule has 0 N–H and O–H groups in total. The number of nitrogens with zero attached hydrogens (tertiary/aromatic N) is 2. The van der Waals surface area contributed by atoms with E-state index < -0.39 is 0 Å². The summed E-state index contributed by atoms with van der Waals surface area (Å²) < 4.78 is 0. The lowest BCUT2D eigenvalue weighted by Crippen LogP contribution is -2.47. The molecule has 116 valence electrons. The minimum absolute atomic E-state index is 0. The minimum Gasteiger partial charge on any atom is -0.303 e. The molecule has 0 spiro atoms. The molecule has 0 amide bonds. The van der Waals surface area contributed by atoms with Crippen molar-refractivity contribution in [2.75, 3.05) is 19.6 Å². The van der Waals surface area contributed by atoms with Gasteiger partial charge < -0.3 is 4.90 Å². The highest BCUT2D eigenvalue weighted by Gasteiger charge is 2.35. The number of hydrogen-bond donors (Lipinski definition) is 0. The first-order chi connectivity index (χ1) is 10.3. The van der Waals surface area contributed by atoms with Crippen LogP contribution in [0.1, 0.15) is 29.6 Å². The maximum Gasteiger partial charge on any atom is 0.163 e. The summed E-state index contributed by atoms with van der Waals surface area (Å²) in [6.07, 6.45) is 5.03. The van der Waals surface area contributed by atoms with Crippen molar-refractivity contribution in [2.45, 2.75) is 19.3 Å². The quantitative estimate of drug-likeness (QED) is 0.812. The zero-order valence-electron chi connectivity index (χ0n) is 12.6. The van der Waals surface area contributed by atoms with Crippen LogP contribution in [0.2, 0.25) is 0 Å². The van der Waals surface area contributed by atoms with E-state index >= 15 is 0 Å². The molecule has 1 aromatic heterocycles. The number of Topliss-reactive ketones (excluding diaryl/α,β-unsaturated/α-hetero) is 1. The third-order valence-corrected chi connectivity index (χ3v) is 5.17. The Morgan fingerprint density at radius 2 is 2.05 bits per heavy atom. The molecule has 1 aromatic carbocycles. The summed E-state index contributed by atoms with van der Waals surface area (Å²) in [5, 5.41) is 1.09. The predicted molar refractivity (Wildman–Crippen MR) is 90.6 cm³/mol. The van der Waals surface area contributed by atoms with Gasteiger partial charge in [-0.3, -0.25) is 9.78 Å². The first-order valence-corrected chi connectivity index (χ1v) is 7.90. The molecule has 22 heavy (non-hydrogen) atoms. The van der Waals surface area contributed by atoms with Gasteiger partial charge in [-0.25, -0.2) is 0 Å². The zero-order chi connectivity index (χ0) is 14.2. The molecule has 3 aliphatic heterocycles. The van der Waals surface area contributed by atoms with Gasteiger partial charge in [-0.2, -0.15) is 0 Å². The van der Waals surface area contributed by atoms with Crippen LogP contribution in [0.3, 0.4) is 0 Å². The second kappa shape index (κ2) is 6.35. The Balaban J connectivity index is 0.00000144. The number of piperidine rings is 3. The zero-order valence-corrected chi connectivity index (χ0v) is 13.4. The van der Waals surface area contributed by atoms with Crippen LogP contribution in [0.4, 0.5) is 0 Å². The molecule has 5 rings (SSSR count). The van der Waals surface area contributed by atoms with Gasteiger partial charge in [-0.05, 0) is 49.9 Å². The lowest BCUT2D eigenvalue weighted by Gasteiger charge is -2.44. The monoisotopic (exact) mass is 316 g/mol. The predicted octanol–water partition coefficient (Wildman–Crippen LogP) is 3.57. The Labute approximate surface area is 137 Å².